The average molecular weight is 464 g/mol. The summed E-state index contributed by atoms with van der Waals surface area (Å²) >= 11 is 0. The Kier molecular flexibility index (Phi) is 6.35. The maximum atomic E-state index is 13.5. The lowest BCUT2D eigenvalue weighted by Gasteiger charge is -2.38. The summed E-state index contributed by atoms with van der Waals surface area (Å²) in [4.78, 5) is 33.1. The molecule has 3 fully saturated rings. The number of rotatable bonds is 4. The highest BCUT2D eigenvalue weighted by atomic mass is 16.7. The molecule has 0 atom stereocenters. The second kappa shape index (κ2) is 9.57. The van der Waals surface area contributed by atoms with Crippen LogP contribution >= 0.6 is 0 Å². The molecule has 1 spiro atoms. The highest BCUT2D eigenvalue weighted by Crippen LogP contribution is 2.33. The molecule has 5 rings (SSSR count). The molecule has 3 aliphatic rings. The van der Waals surface area contributed by atoms with Gasteiger partial charge in [-0.15, -0.1) is 0 Å². The first-order valence-corrected chi connectivity index (χ1v) is 12.1. The van der Waals surface area contributed by atoms with Crippen LogP contribution in [0.15, 0.2) is 34.8 Å². The summed E-state index contributed by atoms with van der Waals surface area (Å²) in [6.45, 7) is 2.36. The molecule has 4 heterocycles. The number of carbonyl (C=O) groups is 1. The molecular formula is C25H29N5O4. The molecule has 9 heteroatoms. The number of fused-ring (bicyclic) bond motifs is 1. The van der Waals surface area contributed by atoms with Crippen molar-refractivity contribution in [1.29, 1.82) is 5.26 Å². The average Bonchev–Trinajstić information content (AvgIpc) is 3.32. The van der Waals surface area contributed by atoms with E-state index in [0.29, 0.717) is 50.6 Å². The van der Waals surface area contributed by atoms with Gasteiger partial charge in [0, 0.05) is 38.2 Å². The van der Waals surface area contributed by atoms with Gasteiger partial charge in [0.1, 0.15) is 23.1 Å². The highest BCUT2D eigenvalue weighted by Gasteiger charge is 2.40. The minimum absolute atomic E-state index is 0.0676. The van der Waals surface area contributed by atoms with Gasteiger partial charge in [-0.1, -0.05) is 25.3 Å². The fourth-order valence-electron chi connectivity index (χ4n) is 5.11. The van der Waals surface area contributed by atoms with Gasteiger partial charge < -0.3 is 19.7 Å². The summed E-state index contributed by atoms with van der Waals surface area (Å²) in [6.07, 6.45) is 9.48. The number of nitriles is 1. The van der Waals surface area contributed by atoms with E-state index < -0.39 is 11.7 Å². The summed E-state index contributed by atoms with van der Waals surface area (Å²) in [7, 11) is 0. The number of piperidine rings is 1. The van der Waals surface area contributed by atoms with Crippen molar-refractivity contribution in [2.45, 2.75) is 56.8 Å². The lowest BCUT2D eigenvalue weighted by atomic mass is 9.95. The summed E-state index contributed by atoms with van der Waals surface area (Å²) in [5.41, 5.74) is 0.353. The van der Waals surface area contributed by atoms with Crippen molar-refractivity contribution >= 4 is 23.4 Å². The number of carbonyl (C=O) groups excluding carboxylic acids is 1. The Morgan fingerprint density at radius 1 is 1.18 bits per heavy atom. The number of amides is 1. The minimum atomic E-state index is -0.559. The van der Waals surface area contributed by atoms with Crippen LogP contribution in [0.25, 0.3) is 11.7 Å². The molecule has 1 saturated carbocycles. The molecule has 1 aliphatic carbocycles. The van der Waals surface area contributed by atoms with E-state index in [-0.39, 0.29) is 22.7 Å². The molecular weight excluding hydrogens is 434 g/mol. The van der Waals surface area contributed by atoms with E-state index in [1.54, 1.807) is 18.3 Å². The molecule has 2 aromatic heterocycles. The quantitative estimate of drug-likeness (QED) is 0.548. The van der Waals surface area contributed by atoms with Gasteiger partial charge in [0.05, 0.1) is 18.8 Å². The van der Waals surface area contributed by atoms with Gasteiger partial charge in [0.2, 0.25) is 0 Å². The largest absolute Gasteiger partial charge is 0.355 e. The lowest BCUT2D eigenvalue weighted by Crippen LogP contribution is -2.46. The number of nitrogens with one attached hydrogen (secondary N) is 1. The van der Waals surface area contributed by atoms with Crippen LogP contribution in [-0.4, -0.2) is 53.4 Å². The molecule has 0 unspecified atom stereocenters. The standard InChI is InChI=1S/C25H29N5O4/c26-17-18(23(31)27-19-6-2-1-3-7-19)16-20-22(28-21-8-4-5-11-30(21)24(20)32)29-12-9-25(10-13-29)33-14-15-34-25/h4-5,8,11,16,19H,1-3,6-7,9-10,12-15H2,(H,27,31). The predicted molar refractivity (Wildman–Crippen MR) is 126 cm³/mol. The summed E-state index contributed by atoms with van der Waals surface area (Å²) in [5.74, 6) is -0.527. The first kappa shape index (κ1) is 22.6. The first-order valence-electron chi connectivity index (χ1n) is 12.1. The zero-order valence-electron chi connectivity index (χ0n) is 19.2. The summed E-state index contributed by atoms with van der Waals surface area (Å²) < 4.78 is 13.1. The number of pyridine rings is 1. The fourth-order valence-corrected chi connectivity index (χ4v) is 5.11. The van der Waals surface area contributed by atoms with Crippen LogP contribution in [0.2, 0.25) is 0 Å². The minimum Gasteiger partial charge on any atom is -0.355 e. The summed E-state index contributed by atoms with van der Waals surface area (Å²) in [5, 5.41) is 12.8. The van der Waals surface area contributed by atoms with E-state index in [2.05, 4.69) is 5.32 Å². The second-order valence-electron chi connectivity index (χ2n) is 9.16. The molecule has 2 aromatic rings. The van der Waals surface area contributed by atoms with Gasteiger partial charge >= 0.3 is 0 Å². The SMILES string of the molecule is N#CC(=Cc1c(N2CCC3(CC2)OCCO3)nc2ccccn2c1=O)C(=O)NC1CCCCC1. The zero-order valence-corrected chi connectivity index (χ0v) is 19.2. The molecule has 0 bridgehead atoms. The second-order valence-corrected chi connectivity index (χ2v) is 9.16. The number of ether oxygens (including phenoxy) is 2. The molecule has 1 amide bonds. The lowest BCUT2D eigenvalue weighted by molar-refractivity contribution is -0.169. The van der Waals surface area contributed by atoms with Crippen LogP contribution in [-0.2, 0) is 14.3 Å². The number of anilines is 1. The van der Waals surface area contributed by atoms with Crippen LogP contribution in [0.5, 0.6) is 0 Å². The topological polar surface area (TPSA) is 109 Å². The van der Waals surface area contributed by atoms with Crippen molar-refractivity contribution in [2.75, 3.05) is 31.2 Å². The number of hydrogen-bond acceptors (Lipinski definition) is 7. The van der Waals surface area contributed by atoms with Crippen LogP contribution in [0.3, 0.4) is 0 Å². The Balaban J connectivity index is 1.50. The number of hydrogen-bond donors (Lipinski definition) is 1. The van der Waals surface area contributed by atoms with E-state index in [1.807, 2.05) is 17.0 Å². The molecule has 34 heavy (non-hydrogen) atoms. The Bertz CT molecular complexity index is 1190. The maximum absolute atomic E-state index is 13.5. The third-order valence-corrected chi connectivity index (χ3v) is 6.98. The molecule has 1 N–H and O–H groups in total. The molecule has 2 aliphatic heterocycles. The van der Waals surface area contributed by atoms with E-state index in [1.165, 1.54) is 16.9 Å². The molecule has 0 radical (unpaired) electrons. The maximum Gasteiger partial charge on any atom is 0.267 e. The third kappa shape index (κ3) is 4.43. The Morgan fingerprint density at radius 2 is 1.91 bits per heavy atom. The van der Waals surface area contributed by atoms with Crippen molar-refractivity contribution < 1.29 is 14.3 Å². The van der Waals surface area contributed by atoms with Crippen molar-refractivity contribution in [1.82, 2.24) is 14.7 Å². The molecule has 0 aromatic carbocycles. The van der Waals surface area contributed by atoms with E-state index in [4.69, 9.17) is 14.5 Å². The number of nitrogens with zero attached hydrogens (tertiary/aromatic N) is 4. The van der Waals surface area contributed by atoms with E-state index >= 15 is 0 Å². The van der Waals surface area contributed by atoms with Crippen LogP contribution in [0.1, 0.15) is 50.5 Å². The van der Waals surface area contributed by atoms with Crippen LogP contribution < -0.4 is 15.8 Å². The Labute approximate surface area is 198 Å². The van der Waals surface area contributed by atoms with Gasteiger partial charge in [-0.05, 0) is 31.1 Å². The molecule has 2 saturated heterocycles. The van der Waals surface area contributed by atoms with Gasteiger partial charge in [0.25, 0.3) is 11.5 Å². The predicted octanol–water partition coefficient (Wildman–Crippen LogP) is 2.39. The highest BCUT2D eigenvalue weighted by molar-refractivity contribution is 6.02. The third-order valence-electron chi connectivity index (χ3n) is 6.98. The van der Waals surface area contributed by atoms with E-state index in [9.17, 15) is 14.9 Å². The molecule has 178 valence electrons. The van der Waals surface area contributed by atoms with Crippen LogP contribution in [0.4, 0.5) is 5.82 Å². The first-order chi connectivity index (χ1) is 16.6. The monoisotopic (exact) mass is 463 g/mol. The van der Waals surface area contributed by atoms with Crippen molar-refractivity contribution in [2.24, 2.45) is 0 Å². The van der Waals surface area contributed by atoms with E-state index in [0.717, 1.165) is 25.7 Å². The zero-order chi connectivity index (χ0) is 23.5. The van der Waals surface area contributed by atoms with Crippen molar-refractivity contribution in [3.8, 4) is 6.07 Å². The fraction of sp³-hybridized carbons (Fsp3) is 0.520. The Morgan fingerprint density at radius 3 is 2.62 bits per heavy atom. The van der Waals surface area contributed by atoms with Gasteiger partial charge in [-0.3, -0.25) is 14.0 Å². The van der Waals surface area contributed by atoms with Gasteiger partial charge in [-0.25, -0.2) is 4.98 Å². The molecule has 9 nitrogen and oxygen atoms in total. The van der Waals surface area contributed by atoms with Crippen molar-refractivity contribution in [3.05, 3.63) is 45.9 Å². The van der Waals surface area contributed by atoms with Gasteiger partial charge in [-0.2, -0.15) is 5.26 Å². The van der Waals surface area contributed by atoms with Crippen LogP contribution in [0, 0.1) is 11.3 Å². The number of aromatic nitrogens is 2. The van der Waals surface area contributed by atoms with Crippen molar-refractivity contribution in [3.63, 3.8) is 0 Å². The van der Waals surface area contributed by atoms with Gasteiger partial charge in [0.15, 0.2) is 5.79 Å². The smallest absolute Gasteiger partial charge is 0.267 e. The Hall–Kier alpha value is -3.22. The summed E-state index contributed by atoms with van der Waals surface area (Å²) in [6, 6.07) is 7.42. The normalized spacial score (nSPS) is 21.0.